The fourth-order valence-corrected chi connectivity index (χ4v) is 2.16. The van der Waals surface area contributed by atoms with Gasteiger partial charge in [0.1, 0.15) is 6.10 Å². The molecule has 0 aromatic rings. The Balaban J connectivity index is 1.98. The molecule has 1 N–H and O–H groups in total. The van der Waals surface area contributed by atoms with Gasteiger partial charge >= 0.3 is 0 Å². The molecule has 3 heteroatoms. The number of rotatable bonds is 0. The molecule has 1 aliphatic carbocycles. The quantitative estimate of drug-likeness (QED) is 0.557. The molecule has 0 aromatic carbocycles. The molecule has 0 amide bonds. The molecule has 0 spiro atoms. The van der Waals surface area contributed by atoms with Crippen molar-refractivity contribution in [1.29, 1.82) is 0 Å². The molecule has 2 aliphatic rings. The van der Waals surface area contributed by atoms with E-state index in [0.717, 1.165) is 12.5 Å². The second kappa shape index (κ2) is 2.97. The van der Waals surface area contributed by atoms with Crippen molar-refractivity contribution in [3.63, 3.8) is 0 Å². The molecule has 11 heavy (non-hydrogen) atoms. The number of hydrogen-bond donors (Lipinski definition) is 1. The van der Waals surface area contributed by atoms with Crippen molar-refractivity contribution in [2.75, 3.05) is 6.54 Å². The van der Waals surface area contributed by atoms with Crippen molar-refractivity contribution in [3.8, 4) is 0 Å². The second-order valence-electron chi connectivity index (χ2n) is 3.37. The first kappa shape index (κ1) is 7.35. The first-order chi connectivity index (χ1) is 5.36. The van der Waals surface area contributed by atoms with Crippen LogP contribution in [0.1, 0.15) is 25.7 Å². The van der Waals surface area contributed by atoms with Gasteiger partial charge < -0.3 is 10.1 Å². The summed E-state index contributed by atoms with van der Waals surface area (Å²) in [6.07, 6.45) is 5.60. The summed E-state index contributed by atoms with van der Waals surface area (Å²) >= 11 is 4.94. The van der Waals surface area contributed by atoms with Crippen LogP contribution in [0, 0.1) is 5.92 Å². The van der Waals surface area contributed by atoms with E-state index in [-0.39, 0.29) is 0 Å². The van der Waals surface area contributed by atoms with Gasteiger partial charge in [-0.1, -0.05) is 6.42 Å². The molecule has 2 rings (SSSR count). The van der Waals surface area contributed by atoms with Crippen LogP contribution in [0.15, 0.2) is 0 Å². The van der Waals surface area contributed by atoms with Gasteiger partial charge in [-0.25, -0.2) is 0 Å². The normalized spacial score (nSPS) is 36.9. The van der Waals surface area contributed by atoms with Crippen molar-refractivity contribution in [2.45, 2.75) is 31.8 Å². The fraction of sp³-hybridized carbons (Fsp3) is 0.875. The molecule has 0 aromatic heterocycles. The van der Waals surface area contributed by atoms with Crippen LogP contribution in [0.5, 0.6) is 0 Å². The zero-order valence-electron chi connectivity index (χ0n) is 6.51. The van der Waals surface area contributed by atoms with Gasteiger partial charge in [0.15, 0.2) is 0 Å². The van der Waals surface area contributed by atoms with Gasteiger partial charge in [-0.3, -0.25) is 0 Å². The Morgan fingerprint density at radius 2 is 2.18 bits per heavy atom. The lowest BCUT2D eigenvalue weighted by molar-refractivity contribution is 0.0604. The van der Waals surface area contributed by atoms with E-state index in [2.05, 4.69) is 5.32 Å². The maximum atomic E-state index is 5.51. The molecule has 2 fully saturated rings. The van der Waals surface area contributed by atoms with E-state index in [1.807, 2.05) is 0 Å². The Morgan fingerprint density at radius 1 is 1.36 bits per heavy atom. The van der Waals surface area contributed by atoms with Crippen LogP contribution in [0.4, 0.5) is 0 Å². The maximum Gasteiger partial charge on any atom is 0.256 e. The second-order valence-corrected chi connectivity index (χ2v) is 3.74. The summed E-state index contributed by atoms with van der Waals surface area (Å²) in [6, 6.07) is 0. The SMILES string of the molecule is S=C1NC[C@@H]2CCCC[C@@H]2O1. The summed E-state index contributed by atoms with van der Waals surface area (Å²) in [6.45, 7) is 1.03. The van der Waals surface area contributed by atoms with Crippen LogP contribution in [0.3, 0.4) is 0 Å². The zero-order chi connectivity index (χ0) is 7.68. The van der Waals surface area contributed by atoms with E-state index in [1.54, 1.807) is 0 Å². The van der Waals surface area contributed by atoms with E-state index in [4.69, 9.17) is 17.0 Å². The van der Waals surface area contributed by atoms with Crippen LogP contribution in [0.2, 0.25) is 0 Å². The van der Waals surface area contributed by atoms with E-state index < -0.39 is 0 Å². The highest BCUT2D eigenvalue weighted by molar-refractivity contribution is 7.80. The van der Waals surface area contributed by atoms with Gasteiger partial charge in [-0.05, 0) is 31.5 Å². The monoisotopic (exact) mass is 171 g/mol. The molecule has 62 valence electrons. The molecule has 1 heterocycles. The van der Waals surface area contributed by atoms with Crippen molar-refractivity contribution in [2.24, 2.45) is 5.92 Å². The first-order valence-electron chi connectivity index (χ1n) is 4.31. The number of thiocarbonyl (C=S) groups is 1. The highest BCUT2D eigenvalue weighted by atomic mass is 32.1. The number of nitrogens with one attached hydrogen (secondary N) is 1. The largest absolute Gasteiger partial charge is 0.467 e. The molecule has 1 saturated carbocycles. The molecule has 0 radical (unpaired) electrons. The molecule has 1 aliphatic heterocycles. The third kappa shape index (κ3) is 1.48. The average molecular weight is 171 g/mol. The van der Waals surface area contributed by atoms with E-state index >= 15 is 0 Å². The molecule has 0 unspecified atom stereocenters. The van der Waals surface area contributed by atoms with Crippen LogP contribution in [0.25, 0.3) is 0 Å². The highest BCUT2D eigenvalue weighted by Gasteiger charge is 2.30. The van der Waals surface area contributed by atoms with Gasteiger partial charge in [0.25, 0.3) is 5.17 Å². The third-order valence-electron chi connectivity index (χ3n) is 2.61. The van der Waals surface area contributed by atoms with E-state index in [0.29, 0.717) is 11.3 Å². The molecule has 2 atom stereocenters. The minimum Gasteiger partial charge on any atom is -0.467 e. The first-order valence-corrected chi connectivity index (χ1v) is 4.71. The highest BCUT2D eigenvalue weighted by Crippen LogP contribution is 2.28. The smallest absolute Gasteiger partial charge is 0.256 e. The molecule has 0 bridgehead atoms. The molecular weight excluding hydrogens is 158 g/mol. The minimum absolute atomic E-state index is 0.428. The number of hydrogen-bond acceptors (Lipinski definition) is 2. The average Bonchev–Trinajstić information content (AvgIpc) is 2.04. The van der Waals surface area contributed by atoms with Crippen LogP contribution < -0.4 is 5.32 Å². The Bertz CT molecular complexity index is 171. The van der Waals surface area contributed by atoms with Crippen molar-refractivity contribution >= 4 is 17.4 Å². The maximum absolute atomic E-state index is 5.51. The lowest BCUT2D eigenvalue weighted by Gasteiger charge is -2.36. The van der Waals surface area contributed by atoms with Gasteiger partial charge in [-0.15, -0.1) is 0 Å². The summed E-state index contributed by atoms with van der Waals surface area (Å²) in [4.78, 5) is 0. The summed E-state index contributed by atoms with van der Waals surface area (Å²) in [5.74, 6) is 0.718. The molecule has 1 saturated heterocycles. The van der Waals surface area contributed by atoms with Gasteiger partial charge in [0, 0.05) is 12.5 Å². The van der Waals surface area contributed by atoms with E-state index in [9.17, 15) is 0 Å². The summed E-state index contributed by atoms with van der Waals surface area (Å²) in [5, 5.41) is 3.70. The van der Waals surface area contributed by atoms with E-state index in [1.165, 1.54) is 25.7 Å². The van der Waals surface area contributed by atoms with Crippen LogP contribution in [-0.2, 0) is 4.74 Å². The van der Waals surface area contributed by atoms with Crippen LogP contribution in [-0.4, -0.2) is 17.8 Å². The predicted molar refractivity (Wildman–Crippen MR) is 47.4 cm³/mol. The van der Waals surface area contributed by atoms with Gasteiger partial charge in [-0.2, -0.15) is 0 Å². The summed E-state index contributed by atoms with van der Waals surface area (Å²) < 4.78 is 5.51. The van der Waals surface area contributed by atoms with Gasteiger partial charge in [0.2, 0.25) is 0 Å². The standard InChI is InChI=1S/C8H13NOS/c11-8-9-5-6-3-1-2-4-7(6)10-8/h6-7H,1-5H2,(H,9,11)/t6-,7-/m0/s1. The Labute approximate surface area is 72.3 Å². The Morgan fingerprint density at radius 3 is 3.09 bits per heavy atom. The topological polar surface area (TPSA) is 21.3 Å². The molecule has 2 nitrogen and oxygen atoms in total. The van der Waals surface area contributed by atoms with Crippen molar-refractivity contribution < 1.29 is 4.74 Å². The Kier molecular flexibility index (Phi) is 1.98. The lowest BCUT2D eigenvalue weighted by Crippen LogP contribution is -2.46. The summed E-state index contributed by atoms with van der Waals surface area (Å²) in [7, 11) is 0. The summed E-state index contributed by atoms with van der Waals surface area (Å²) in [5.41, 5.74) is 0. The Hall–Kier alpha value is -0.310. The third-order valence-corrected chi connectivity index (χ3v) is 2.85. The van der Waals surface area contributed by atoms with Crippen LogP contribution >= 0.6 is 12.2 Å². The fourth-order valence-electron chi connectivity index (χ4n) is 1.96. The van der Waals surface area contributed by atoms with Crippen molar-refractivity contribution in [1.82, 2.24) is 5.32 Å². The molecular formula is C8H13NOS. The number of fused-ring (bicyclic) bond motifs is 1. The van der Waals surface area contributed by atoms with Gasteiger partial charge in [0.05, 0.1) is 0 Å². The lowest BCUT2D eigenvalue weighted by atomic mass is 9.86. The minimum atomic E-state index is 0.428. The predicted octanol–water partition coefficient (Wildman–Crippen LogP) is 1.45. The zero-order valence-corrected chi connectivity index (χ0v) is 7.32. The number of ether oxygens (including phenoxy) is 1. The van der Waals surface area contributed by atoms with Crippen molar-refractivity contribution in [3.05, 3.63) is 0 Å².